The summed E-state index contributed by atoms with van der Waals surface area (Å²) < 4.78 is 32.8. The van der Waals surface area contributed by atoms with Gasteiger partial charge in [-0.25, -0.2) is 9.37 Å². The van der Waals surface area contributed by atoms with Gasteiger partial charge in [-0.15, -0.1) is 0 Å². The number of benzene rings is 2. The van der Waals surface area contributed by atoms with Gasteiger partial charge in [0.15, 0.2) is 0 Å². The minimum Gasteiger partial charge on any atom is -0.497 e. The van der Waals surface area contributed by atoms with E-state index in [0.29, 0.717) is 65.1 Å². The molecular weight excluding hydrogens is 603 g/mol. The van der Waals surface area contributed by atoms with E-state index in [0.717, 1.165) is 25.7 Å². The van der Waals surface area contributed by atoms with E-state index >= 15 is 4.39 Å². The zero-order chi connectivity index (χ0) is 31.9. The third-order valence-corrected chi connectivity index (χ3v) is 7.90. The van der Waals surface area contributed by atoms with Crippen LogP contribution in [0.1, 0.15) is 5.56 Å². The molecule has 1 aliphatic heterocycles. The summed E-state index contributed by atoms with van der Waals surface area (Å²) in [5, 5.41) is 6.62. The minimum atomic E-state index is -0.522. The van der Waals surface area contributed by atoms with E-state index < -0.39 is 11.7 Å². The molecule has 0 atom stereocenters. The minimum absolute atomic E-state index is 0.0986. The van der Waals surface area contributed by atoms with Crippen LogP contribution in [0.4, 0.5) is 16.0 Å². The number of nitrogens with zero attached hydrogens (tertiary/aromatic N) is 4. The predicted octanol–water partition coefficient (Wildman–Crippen LogP) is 4.38. The average molecular weight is 637 g/mol. The Kier molecular flexibility index (Phi) is 10.3. The number of aromatic nitrogens is 3. The van der Waals surface area contributed by atoms with Gasteiger partial charge in [0.1, 0.15) is 23.0 Å². The fourth-order valence-corrected chi connectivity index (χ4v) is 5.37. The molecule has 11 nitrogen and oxygen atoms in total. The van der Waals surface area contributed by atoms with Crippen molar-refractivity contribution in [1.82, 2.24) is 19.4 Å². The van der Waals surface area contributed by atoms with Gasteiger partial charge in [-0.2, -0.15) is 4.98 Å². The van der Waals surface area contributed by atoms with Crippen LogP contribution >= 0.6 is 11.6 Å². The maximum atomic E-state index is 15.1. The maximum absolute atomic E-state index is 15.1. The highest BCUT2D eigenvalue weighted by Gasteiger charge is 2.20. The van der Waals surface area contributed by atoms with E-state index in [4.69, 9.17) is 30.8 Å². The topological polar surface area (TPSA) is 120 Å². The van der Waals surface area contributed by atoms with Crippen molar-refractivity contribution in [3.05, 3.63) is 82.0 Å². The molecule has 5 rings (SSSR count). The molecule has 4 aromatic rings. The molecule has 0 aliphatic carbocycles. The van der Waals surface area contributed by atoms with Gasteiger partial charge >= 0.3 is 0 Å². The van der Waals surface area contributed by atoms with Gasteiger partial charge in [0, 0.05) is 67.2 Å². The molecule has 1 amide bonds. The zero-order valence-electron chi connectivity index (χ0n) is 25.1. The third kappa shape index (κ3) is 7.42. The fourth-order valence-electron chi connectivity index (χ4n) is 5.08. The molecule has 2 aromatic carbocycles. The van der Waals surface area contributed by atoms with Crippen LogP contribution in [-0.4, -0.2) is 79.0 Å². The van der Waals surface area contributed by atoms with Crippen LogP contribution in [0.15, 0.2) is 60.0 Å². The highest BCUT2D eigenvalue weighted by molar-refractivity contribution is 6.35. The SMILES string of the molecule is C=CC(=O)Nc1ccc(CCn2c(=O)c(-c3cc(OC)cc(OC)c3Cl)cc3cnc(NCCN4CCOCC4)nc32)c(F)c1. The Morgan fingerprint density at radius 2 is 1.93 bits per heavy atom. The molecule has 2 aromatic heterocycles. The van der Waals surface area contributed by atoms with E-state index in [9.17, 15) is 9.59 Å². The molecule has 0 saturated carbocycles. The number of hydrogen-bond acceptors (Lipinski definition) is 9. The number of methoxy groups -OCH3 is 2. The van der Waals surface area contributed by atoms with E-state index in [1.807, 2.05) is 0 Å². The number of carbonyl (C=O) groups is 1. The van der Waals surface area contributed by atoms with Crippen LogP contribution < -0.4 is 25.7 Å². The highest BCUT2D eigenvalue weighted by Crippen LogP contribution is 2.38. The molecule has 45 heavy (non-hydrogen) atoms. The average Bonchev–Trinajstić information content (AvgIpc) is 3.05. The number of carbonyl (C=O) groups excluding carboxylic acids is 1. The first-order chi connectivity index (χ1) is 21.8. The molecule has 0 spiro atoms. The Labute approximate surface area is 264 Å². The van der Waals surface area contributed by atoms with Crippen LogP contribution in [-0.2, 0) is 22.5 Å². The number of morpholine rings is 1. The van der Waals surface area contributed by atoms with Gasteiger partial charge in [0.2, 0.25) is 11.9 Å². The van der Waals surface area contributed by atoms with Crippen LogP contribution in [0.5, 0.6) is 11.5 Å². The zero-order valence-corrected chi connectivity index (χ0v) is 25.8. The molecule has 236 valence electrons. The number of halogens is 2. The molecule has 1 fully saturated rings. The number of aryl methyl sites for hydroxylation is 2. The second kappa shape index (κ2) is 14.5. The van der Waals surface area contributed by atoms with Gasteiger partial charge in [-0.3, -0.25) is 19.1 Å². The van der Waals surface area contributed by atoms with Crippen LogP contribution in [0, 0.1) is 5.82 Å². The van der Waals surface area contributed by atoms with E-state index in [1.165, 1.54) is 24.9 Å². The molecule has 13 heteroatoms. The van der Waals surface area contributed by atoms with Gasteiger partial charge in [-0.05, 0) is 42.3 Å². The number of ether oxygens (including phenoxy) is 3. The lowest BCUT2D eigenvalue weighted by atomic mass is 10.0. The van der Waals surface area contributed by atoms with Gasteiger partial charge in [0.25, 0.3) is 5.56 Å². The lowest BCUT2D eigenvalue weighted by molar-refractivity contribution is -0.111. The van der Waals surface area contributed by atoms with Crippen molar-refractivity contribution >= 4 is 40.2 Å². The van der Waals surface area contributed by atoms with E-state index in [2.05, 4.69) is 27.1 Å². The number of amides is 1. The summed E-state index contributed by atoms with van der Waals surface area (Å²) in [5.74, 6) is 0.203. The first-order valence-electron chi connectivity index (χ1n) is 14.4. The standard InChI is InChI=1S/C32H34ClFN6O5/c1-4-28(41)37-22-6-5-20(26(34)16-22)7-9-40-30-21(19-36-32(38-30)35-8-10-39-11-13-45-14-12-39)15-25(31(40)42)24-17-23(43-2)18-27(44-3)29(24)33/h4-6,15-19H,1,7-14H2,2-3H3,(H,37,41)(H,35,36,38). The van der Waals surface area contributed by atoms with Crippen molar-refractivity contribution < 1.29 is 23.4 Å². The summed E-state index contributed by atoms with van der Waals surface area (Å²) in [6.07, 6.45) is 2.91. The number of rotatable bonds is 12. The number of hydrogen-bond donors (Lipinski definition) is 2. The fraction of sp³-hybridized carbons (Fsp3) is 0.312. The van der Waals surface area contributed by atoms with E-state index in [-0.39, 0.29) is 29.1 Å². The monoisotopic (exact) mass is 636 g/mol. The quantitative estimate of drug-likeness (QED) is 0.218. The molecule has 0 unspecified atom stereocenters. The molecule has 0 radical (unpaired) electrons. The van der Waals surface area contributed by atoms with Crippen molar-refractivity contribution in [1.29, 1.82) is 0 Å². The normalized spacial score (nSPS) is 13.4. The Balaban J connectivity index is 1.52. The van der Waals surface area contributed by atoms with Crippen molar-refractivity contribution in [3.8, 4) is 22.6 Å². The predicted molar refractivity (Wildman–Crippen MR) is 172 cm³/mol. The first kappa shape index (κ1) is 31.9. The van der Waals surface area contributed by atoms with Crippen LogP contribution in [0.25, 0.3) is 22.2 Å². The smallest absolute Gasteiger partial charge is 0.260 e. The summed E-state index contributed by atoms with van der Waals surface area (Å²) >= 11 is 6.68. The van der Waals surface area contributed by atoms with Crippen LogP contribution in [0.2, 0.25) is 5.02 Å². The molecular formula is C32H34ClFN6O5. The van der Waals surface area contributed by atoms with Crippen molar-refractivity contribution in [2.45, 2.75) is 13.0 Å². The molecule has 1 saturated heterocycles. The summed E-state index contributed by atoms with van der Waals surface area (Å²) in [5.41, 5.74) is 1.35. The number of fused-ring (bicyclic) bond motifs is 1. The molecule has 3 heterocycles. The Morgan fingerprint density at radius 1 is 1.13 bits per heavy atom. The molecule has 1 aliphatic rings. The van der Waals surface area contributed by atoms with Gasteiger partial charge in [-0.1, -0.05) is 24.2 Å². The lowest BCUT2D eigenvalue weighted by Gasteiger charge is -2.26. The van der Waals surface area contributed by atoms with Crippen LogP contribution in [0.3, 0.4) is 0 Å². The maximum Gasteiger partial charge on any atom is 0.260 e. The Hall–Kier alpha value is -4.52. The van der Waals surface area contributed by atoms with Gasteiger partial charge in [0.05, 0.1) is 32.5 Å². The summed E-state index contributed by atoms with van der Waals surface area (Å²) in [7, 11) is 2.99. The van der Waals surface area contributed by atoms with Crippen molar-refractivity contribution in [2.75, 3.05) is 64.2 Å². The van der Waals surface area contributed by atoms with Gasteiger partial charge < -0.3 is 24.8 Å². The number of nitrogens with one attached hydrogen (secondary N) is 2. The summed E-state index contributed by atoms with van der Waals surface area (Å²) in [6.45, 7) is 8.03. The lowest BCUT2D eigenvalue weighted by Crippen LogP contribution is -2.39. The van der Waals surface area contributed by atoms with Crippen molar-refractivity contribution in [2.24, 2.45) is 0 Å². The highest BCUT2D eigenvalue weighted by atomic mass is 35.5. The number of pyridine rings is 1. The first-order valence-corrected chi connectivity index (χ1v) is 14.8. The molecule has 2 N–H and O–H groups in total. The number of anilines is 2. The third-order valence-electron chi connectivity index (χ3n) is 7.51. The second-order valence-corrected chi connectivity index (χ2v) is 10.7. The van der Waals surface area contributed by atoms with E-state index in [1.54, 1.807) is 36.5 Å². The largest absolute Gasteiger partial charge is 0.497 e. The molecule has 0 bridgehead atoms. The second-order valence-electron chi connectivity index (χ2n) is 10.3. The Morgan fingerprint density at radius 3 is 2.64 bits per heavy atom. The summed E-state index contributed by atoms with van der Waals surface area (Å²) in [4.78, 5) is 37.3. The van der Waals surface area contributed by atoms with Crippen molar-refractivity contribution in [3.63, 3.8) is 0 Å². The Bertz CT molecular complexity index is 1780. The summed E-state index contributed by atoms with van der Waals surface area (Å²) in [6, 6.07) is 9.38.